The lowest BCUT2D eigenvalue weighted by Crippen LogP contribution is -2.05. The molecular weight excluding hydrogens is 378 g/mol. The first kappa shape index (κ1) is 19.0. The summed E-state index contributed by atoms with van der Waals surface area (Å²) in [5.74, 6) is 0.351. The Bertz CT molecular complexity index is 783. The molecule has 0 aliphatic rings. The third-order valence-electron chi connectivity index (χ3n) is 2.85. The van der Waals surface area contributed by atoms with E-state index in [4.69, 9.17) is 20.5 Å². The summed E-state index contributed by atoms with van der Waals surface area (Å²) in [6.45, 7) is 2.42. The van der Waals surface area contributed by atoms with Gasteiger partial charge in [-0.2, -0.15) is 15.8 Å². The van der Waals surface area contributed by atoms with Crippen LogP contribution >= 0.6 is 15.9 Å². The number of allylic oxidation sites excluding steroid dienone is 2. The van der Waals surface area contributed by atoms with E-state index in [0.29, 0.717) is 16.8 Å². The first-order valence-electron chi connectivity index (χ1n) is 6.80. The molecule has 0 atom stereocenters. The van der Waals surface area contributed by atoms with Crippen molar-refractivity contribution in [2.75, 3.05) is 11.9 Å². The minimum atomic E-state index is -0.643. The highest BCUT2D eigenvalue weighted by Gasteiger charge is 2.20. The fraction of sp³-hybridized carbons (Fsp3) is 0.267. The van der Waals surface area contributed by atoms with Crippen LogP contribution in [0, 0.1) is 44.1 Å². The van der Waals surface area contributed by atoms with Crippen molar-refractivity contribution in [3.8, 4) is 24.0 Å². The zero-order valence-corrected chi connectivity index (χ0v) is 14.3. The Kier molecular flexibility index (Phi) is 7.22. The van der Waals surface area contributed by atoms with E-state index in [2.05, 4.69) is 21.2 Å². The zero-order valence-electron chi connectivity index (χ0n) is 12.7. The number of anilines is 1. The predicted octanol–water partition coefficient (Wildman–Crippen LogP) is 3.77. The molecule has 0 spiro atoms. The van der Waals surface area contributed by atoms with Gasteiger partial charge in [0, 0.05) is 12.1 Å². The molecule has 1 aromatic rings. The highest BCUT2D eigenvalue weighted by atomic mass is 79.9. The molecule has 0 heterocycles. The summed E-state index contributed by atoms with van der Waals surface area (Å²) < 4.78 is 5.93. The van der Waals surface area contributed by atoms with Gasteiger partial charge in [0.2, 0.25) is 0 Å². The Morgan fingerprint density at radius 3 is 2.50 bits per heavy atom. The van der Waals surface area contributed by atoms with E-state index in [0.717, 1.165) is 12.8 Å². The van der Waals surface area contributed by atoms with Crippen molar-refractivity contribution in [2.24, 2.45) is 0 Å². The van der Waals surface area contributed by atoms with Gasteiger partial charge in [-0.1, -0.05) is 13.3 Å². The van der Waals surface area contributed by atoms with Crippen LogP contribution in [0.15, 0.2) is 27.9 Å². The number of benzene rings is 1. The molecule has 0 aliphatic heterocycles. The Balaban J connectivity index is 3.34. The number of nitrogens with zero attached hydrogens (tertiary/aromatic N) is 4. The van der Waals surface area contributed by atoms with Gasteiger partial charge >= 0.3 is 0 Å². The summed E-state index contributed by atoms with van der Waals surface area (Å²) in [6.07, 6.45) is 1.73. The van der Waals surface area contributed by atoms with Crippen LogP contribution in [0.1, 0.15) is 19.8 Å². The van der Waals surface area contributed by atoms with Crippen molar-refractivity contribution in [3.05, 3.63) is 38.0 Å². The van der Waals surface area contributed by atoms with Crippen molar-refractivity contribution in [3.63, 3.8) is 0 Å². The van der Waals surface area contributed by atoms with Gasteiger partial charge in [-0.15, -0.1) is 0 Å². The van der Waals surface area contributed by atoms with Crippen LogP contribution in [0.25, 0.3) is 0 Å². The summed E-state index contributed by atoms with van der Waals surface area (Å²) in [6, 6.07) is 7.36. The van der Waals surface area contributed by atoms with Crippen molar-refractivity contribution < 1.29 is 9.66 Å². The molecule has 0 bridgehead atoms. The summed E-state index contributed by atoms with van der Waals surface area (Å²) in [7, 11) is 0. The quantitative estimate of drug-likeness (QED) is 0.324. The van der Waals surface area contributed by atoms with Gasteiger partial charge in [0.15, 0.2) is 5.57 Å². The van der Waals surface area contributed by atoms with Crippen molar-refractivity contribution in [1.29, 1.82) is 15.8 Å². The second-order valence-corrected chi connectivity index (χ2v) is 5.32. The van der Waals surface area contributed by atoms with Crippen LogP contribution in [-0.4, -0.2) is 11.5 Å². The van der Waals surface area contributed by atoms with Crippen LogP contribution in [0.2, 0.25) is 0 Å². The fourth-order valence-electron chi connectivity index (χ4n) is 1.65. The number of rotatable bonds is 7. The van der Waals surface area contributed by atoms with Gasteiger partial charge in [-0.3, -0.25) is 10.1 Å². The molecular formula is C15H12BrN5O3. The molecule has 1 N–H and O–H groups in total. The maximum atomic E-state index is 11.2. The van der Waals surface area contributed by atoms with E-state index in [1.54, 1.807) is 18.2 Å². The van der Waals surface area contributed by atoms with E-state index in [1.165, 1.54) is 12.1 Å². The van der Waals surface area contributed by atoms with Crippen LogP contribution in [-0.2, 0) is 0 Å². The second-order valence-electron chi connectivity index (χ2n) is 4.47. The maximum Gasteiger partial charge on any atom is 0.294 e. The lowest BCUT2D eigenvalue weighted by atomic mass is 10.2. The number of hydrogen-bond donors (Lipinski definition) is 1. The number of nitrogens with one attached hydrogen (secondary N) is 1. The Labute approximate surface area is 146 Å². The fourth-order valence-corrected chi connectivity index (χ4v) is 2.09. The molecule has 0 unspecified atom stereocenters. The molecule has 0 saturated carbocycles. The summed E-state index contributed by atoms with van der Waals surface area (Å²) in [5, 5.41) is 40.4. The maximum absolute atomic E-state index is 11.2. The minimum Gasteiger partial charge on any atom is -0.492 e. The van der Waals surface area contributed by atoms with Crippen molar-refractivity contribution >= 4 is 27.3 Å². The molecule has 1 aromatic carbocycles. The molecule has 0 radical (unpaired) electrons. The largest absolute Gasteiger partial charge is 0.492 e. The summed E-state index contributed by atoms with van der Waals surface area (Å²) in [4.78, 5) is 10.6. The van der Waals surface area contributed by atoms with Gasteiger partial charge < -0.3 is 10.1 Å². The average molecular weight is 390 g/mol. The standard InChI is InChI=1S/C15H12BrN5O3/c1-2-3-4-24-15-6-12(14(21(22)23)5-11(15)16)20-13(9-19)10(7-17)8-18/h5-6,20H,2-4H2,1H3. The number of nitro groups is 1. The molecule has 0 aliphatic carbocycles. The molecule has 0 fully saturated rings. The van der Waals surface area contributed by atoms with E-state index in [-0.39, 0.29) is 17.1 Å². The smallest absolute Gasteiger partial charge is 0.294 e. The van der Waals surface area contributed by atoms with Crippen LogP contribution < -0.4 is 10.1 Å². The normalized spacial score (nSPS) is 9.12. The molecule has 0 amide bonds. The van der Waals surface area contributed by atoms with Gasteiger partial charge in [-0.05, 0) is 22.4 Å². The number of halogens is 1. The van der Waals surface area contributed by atoms with Crippen LogP contribution in [0.5, 0.6) is 5.75 Å². The summed E-state index contributed by atoms with van der Waals surface area (Å²) >= 11 is 3.20. The number of hydrogen-bond acceptors (Lipinski definition) is 7. The Hall–Kier alpha value is -3.09. The van der Waals surface area contributed by atoms with Gasteiger partial charge in [0.05, 0.1) is 16.0 Å². The minimum absolute atomic E-state index is 0.0470. The van der Waals surface area contributed by atoms with Gasteiger partial charge in [0.1, 0.15) is 35.3 Å². The lowest BCUT2D eigenvalue weighted by Gasteiger charge is -2.11. The summed E-state index contributed by atoms with van der Waals surface area (Å²) in [5.41, 5.74) is -1.21. The first-order valence-corrected chi connectivity index (χ1v) is 7.60. The highest BCUT2D eigenvalue weighted by Crippen LogP contribution is 2.37. The monoisotopic (exact) mass is 389 g/mol. The molecule has 9 heteroatoms. The molecule has 24 heavy (non-hydrogen) atoms. The number of nitriles is 3. The van der Waals surface area contributed by atoms with E-state index < -0.39 is 10.5 Å². The third kappa shape index (κ3) is 4.70. The lowest BCUT2D eigenvalue weighted by molar-refractivity contribution is -0.384. The van der Waals surface area contributed by atoms with Crippen LogP contribution in [0.4, 0.5) is 11.4 Å². The van der Waals surface area contributed by atoms with Crippen LogP contribution in [0.3, 0.4) is 0 Å². The average Bonchev–Trinajstić information content (AvgIpc) is 2.57. The second kappa shape index (κ2) is 9.14. The van der Waals surface area contributed by atoms with Crippen molar-refractivity contribution in [1.82, 2.24) is 0 Å². The van der Waals surface area contributed by atoms with E-state index in [1.807, 2.05) is 6.92 Å². The number of ether oxygens (including phenoxy) is 1. The topological polar surface area (TPSA) is 136 Å². The molecule has 0 saturated heterocycles. The van der Waals surface area contributed by atoms with E-state index >= 15 is 0 Å². The zero-order chi connectivity index (χ0) is 18.1. The number of unbranched alkanes of at least 4 members (excludes halogenated alkanes) is 1. The predicted molar refractivity (Wildman–Crippen MR) is 88.7 cm³/mol. The highest BCUT2D eigenvalue weighted by molar-refractivity contribution is 9.10. The number of nitro benzene ring substituents is 1. The van der Waals surface area contributed by atoms with Crippen molar-refractivity contribution in [2.45, 2.75) is 19.8 Å². The molecule has 0 aromatic heterocycles. The first-order chi connectivity index (χ1) is 11.5. The van der Waals surface area contributed by atoms with E-state index in [9.17, 15) is 10.1 Å². The molecule has 122 valence electrons. The Morgan fingerprint density at radius 2 is 2.00 bits per heavy atom. The van der Waals surface area contributed by atoms with Gasteiger partial charge in [0.25, 0.3) is 5.69 Å². The van der Waals surface area contributed by atoms with Gasteiger partial charge in [-0.25, -0.2) is 0 Å². The molecule has 8 nitrogen and oxygen atoms in total. The Morgan fingerprint density at radius 1 is 1.33 bits per heavy atom. The SMILES string of the molecule is CCCCOc1cc(NC(C#N)=C(C#N)C#N)c([N+](=O)[O-])cc1Br. The molecule has 1 rings (SSSR count). The third-order valence-corrected chi connectivity index (χ3v) is 3.47.